The Labute approximate surface area is 123 Å². The van der Waals surface area contributed by atoms with Crippen molar-refractivity contribution in [3.8, 4) is 0 Å². The molecule has 2 aliphatic heterocycles. The Morgan fingerprint density at radius 2 is 2.19 bits per heavy atom. The van der Waals surface area contributed by atoms with Crippen molar-refractivity contribution in [2.24, 2.45) is 10.9 Å². The summed E-state index contributed by atoms with van der Waals surface area (Å²) < 4.78 is 0. The average molecular weight is 284 g/mol. The summed E-state index contributed by atoms with van der Waals surface area (Å²) in [4.78, 5) is 7.13. The number of aliphatic imine (C=N–C) groups is 1. The quantitative estimate of drug-likeness (QED) is 0.877. The van der Waals surface area contributed by atoms with Crippen LogP contribution < -0.4 is 5.32 Å². The molecule has 1 fully saturated rings. The second kappa shape index (κ2) is 5.02. The third-order valence-electron chi connectivity index (χ3n) is 4.50. The number of H-pyrrole nitrogens is 1. The summed E-state index contributed by atoms with van der Waals surface area (Å²) in [5.74, 6) is 1.82. The van der Waals surface area contributed by atoms with Gasteiger partial charge >= 0.3 is 0 Å². The lowest BCUT2D eigenvalue weighted by Crippen LogP contribution is -2.48. The molecule has 0 radical (unpaired) electrons. The largest absolute Gasteiger partial charge is 0.352 e. The number of nitrogens with one attached hydrogen (secondary N) is 2. The maximum atomic E-state index is 4.68. The lowest BCUT2D eigenvalue weighted by molar-refractivity contribution is 0.211. The highest BCUT2D eigenvalue weighted by Gasteiger charge is 2.32. The number of benzene rings is 1. The molecule has 2 aromatic rings. The van der Waals surface area contributed by atoms with Gasteiger partial charge in [-0.2, -0.15) is 15.4 Å². The van der Waals surface area contributed by atoms with E-state index in [0.717, 1.165) is 42.5 Å². The molecule has 0 bridgehead atoms. The molecular weight excluding hydrogens is 264 g/mol. The van der Waals surface area contributed by atoms with Crippen molar-refractivity contribution < 1.29 is 0 Å². The first-order chi connectivity index (χ1) is 10.3. The van der Waals surface area contributed by atoms with Crippen LogP contribution in [0.15, 0.2) is 23.2 Å². The van der Waals surface area contributed by atoms with Crippen LogP contribution >= 0.6 is 0 Å². The summed E-state index contributed by atoms with van der Waals surface area (Å²) in [5.41, 5.74) is 3.02. The van der Waals surface area contributed by atoms with Gasteiger partial charge < -0.3 is 10.2 Å². The Morgan fingerprint density at radius 1 is 1.29 bits per heavy atom. The molecule has 1 aromatic heterocycles. The molecule has 2 aliphatic rings. The van der Waals surface area contributed by atoms with Crippen LogP contribution in [0, 0.1) is 5.92 Å². The second-order valence-electron chi connectivity index (χ2n) is 6.15. The molecule has 6 heteroatoms. The molecule has 2 N–H and O–H groups in total. The van der Waals surface area contributed by atoms with Gasteiger partial charge in [-0.3, -0.25) is 4.99 Å². The van der Waals surface area contributed by atoms with Crippen molar-refractivity contribution in [1.29, 1.82) is 0 Å². The van der Waals surface area contributed by atoms with Gasteiger partial charge in [0.25, 0.3) is 0 Å². The zero-order valence-electron chi connectivity index (χ0n) is 12.2. The highest BCUT2D eigenvalue weighted by molar-refractivity contribution is 5.82. The van der Waals surface area contributed by atoms with Crippen LogP contribution in [0.2, 0.25) is 0 Å². The fourth-order valence-electron chi connectivity index (χ4n) is 3.28. The Hall–Kier alpha value is -2.11. The smallest absolute Gasteiger partial charge is 0.194 e. The van der Waals surface area contributed by atoms with Crippen molar-refractivity contribution in [2.45, 2.75) is 32.4 Å². The van der Waals surface area contributed by atoms with Crippen molar-refractivity contribution in [3.05, 3.63) is 23.8 Å². The van der Waals surface area contributed by atoms with Crippen LogP contribution in [-0.2, 0) is 6.54 Å². The minimum atomic E-state index is 0.613. The zero-order chi connectivity index (χ0) is 14.2. The van der Waals surface area contributed by atoms with E-state index in [2.05, 4.69) is 49.7 Å². The molecule has 1 aromatic carbocycles. The normalized spacial score (nSPS) is 25.0. The predicted molar refractivity (Wildman–Crippen MR) is 81.9 cm³/mol. The first-order valence-electron chi connectivity index (χ1n) is 7.64. The summed E-state index contributed by atoms with van der Waals surface area (Å²) in [6.07, 6.45) is 2.59. The maximum absolute atomic E-state index is 4.68. The average Bonchev–Trinajstić information content (AvgIpc) is 3.10. The summed E-state index contributed by atoms with van der Waals surface area (Å²) in [7, 11) is 0. The molecule has 110 valence electrons. The van der Waals surface area contributed by atoms with Gasteiger partial charge in [0.1, 0.15) is 11.0 Å². The molecular formula is C15H20N6. The molecule has 21 heavy (non-hydrogen) atoms. The predicted octanol–water partition coefficient (Wildman–Crippen LogP) is 1.52. The number of rotatable bonds is 2. The fraction of sp³-hybridized carbons (Fsp3) is 0.533. The van der Waals surface area contributed by atoms with Gasteiger partial charge in [-0.1, -0.05) is 13.0 Å². The van der Waals surface area contributed by atoms with Crippen LogP contribution in [-0.4, -0.2) is 45.4 Å². The molecule has 0 amide bonds. The van der Waals surface area contributed by atoms with Crippen molar-refractivity contribution in [2.75, 3.05) is 13.1 Å². The van der Waals surface area contributed by atoms with Gasteiger partial charge in [-0.15, -0.1) is 0 Å². The third kappa shape index (κ3) is 2.34. The lowest BCUT2D eigenvalue weighted by atomic mass is 9.95. The number of guanidine groups is 1. The van der Waals surface area contributed by atoms with Crippen molar-refractivity contribution in [1.82, 2.24) is 25.6 Å². The molecule has 2 atom stereocenters. The first kappa shape index (κ1) is 12.6. The summed E-state index contributed by atoms with van der Waals surface area (Å²) in [5, 5.41) is 14.3. The van der Waals surface area contributed by atoms with Crippen LogP contribution in [0.5, 0.6) is 0 Å². The van der Waals surface area contributed by atoms with Crippen LogP contribution in [0.25, 0.3) is 11.0 Å². The lowest BCUT2D eigenvalue weighted by Gasteiger charge is -2.35. The number of aromatic amines is 1. The summed E-state index contributed by atoms with van der Waals surface area (Å²) >= 11 is 0. The van der Waals surface area contributed by atoms with E-state index in [0.29, 0.717) is 6.04 Å². The van der Waals surface area contributed by atoms with E-state index >= 15 is 0 Å². The topological polar surface area (TPSA) is 69.2 Å². The summed E-state index contributed by atoms with van der Waals surface area (Å²) in [6.45, 7) is 5.17. The third-order valence-corrected chi connectivity index (χ3v) is 4.50. The SMILES string of the molecule is CC1CCC2CN=C(NCc3ccc4n[nH]nc4c3)N2C1. The fourth-order valence-corrected chi connectivity index (χ4v) is 3.28. The maximum Gasteiger partial charge on any atom is 0.194 e. The van der Waals surface area contributed by atoms with Gasteiger partial charge in [-0.25, -0.2) is 0 Å². The van der Waals surface area contributed by atoms with E-state index in [9.17, 15) is 0 Å². The molecule has 0 saturated carbocycles. The van der Waals surface area contributed by atoms with E-state index in [4.69, 9.17) is 0 Å². The van der Waals surface area contributed by atoms with Crippen LogP contribution in [0.1, 0.15) is 25.3 Å². The highest BCUT2D eigenvalue weighted by atomic mass is 15.4. The Kier molecular flexibility index (Phi) is 3.02. The van der Waals surface area contributed by atoms with E-state index in [1.807, 2.05) is 6.07 Å². The number of hydrogen-bond acceptors (Lipinski definition) is 5. The minimum absolute atomic E-state index is 0.613. The minimum Gasteiger partial charge on any atom is -0.352 e. The Balaban J connectivity index is 1.44. The molecule has 0 spiro atoms. The Morgan fingerprint density at radius 3 is 3.14 bits per heavy atom. The zero-order valence-corrected chi connectivity index (χ0v) is 12.2. The van der Waals surface area contributed by atoms with Gasteiger partial charge in [0.2, 0.25) is 0 Å². The highest BCUT2D eigenvalue weighted by Crippen LogP contribution is 2.25. The second-order valence-corrected chi connectivity index (χ2v) is 6.15. The van der Waals surface area contributed by atoms with Crippen LogP contribution in [0.4, 0.5) is 0 Å². The van der Waals surface area contributed by atoms with E-state index in [1.54, 1.807) is 0 Å². The molecule has 6 nitrogen and oxygen atoms in total. The number of aromatic nitrogens is 3. The number of hydrogen-bond donors (Lipinski definition) is 2. The number of nitrogens with zero attached hydrogens (tertiary/aromatic N) is 4. The van der Waals surface area contributed by atoms with Crippen molar-refractivity contribution in [3.63, 3.8) is 0 Å². The standard InChI is InChI=1S/C15H20N6/c1-10-2-4-12-8-17-15(21(12)9-10)16-7-11-3-5-13-14(6-11)19-20-18-13/h3,5-6,10,12H,2,4,7-9H2,1H3,(H,16,17)(H,18,19,20). The van der Waals surface area contributed by atoms with Crippen molar-refractivity contribution >= 4 is 17.0 Å². The molecule has 4 rings (SSSR count). The summed E-state index contributed by atoms with van der Waals surface area (Å²) in [6, 6.07) is 6.76. The van der Waals surface area contributed by atoms with Crippen LogP contribution in [0.3, 0.4) is 0 Å². The van der Waals surface area contributed by atoms with E-state index < -0.39 is 0 Å². The van der Waals surface area contributed by atoms with Gasteiger partial charge in [0, 0.05) is 13.1 Å². The number of fused-ring (bicyclic) bond motifs is 2. The Bertz CT molecular complexity index is 676. The van der Waals surface area contributed by atoms with E-state index in [1.165, 1.54) is 18.4 Å². The molecule has 0 aliphatic carbocycles. The monoisotopic (exact) mass is 284 g/mol. The van der Waals surface area contributed by atoms with Gasteiger partial charge in [0.15, 0.2) is 5.96 Å². The molecule has 3 heterocycles. The molecule has 2 unspecified atom stereocenters. The van der Waals surface area contributed by atoms with E-state index in [-0.39, 0.29) is 0 Å². The first-order valence-corrected chi connectivity index (χ1v) is 7.64. The number of piperidine rings is 1. The molecule has 1 saturated heterocycles. The van der Waals surface area contributed by atoms with Gasteiger partial charge in [-0.05, 0) is 36.5 Å². The van der Waals surface area contributed by atoms with Gasteiger partial charge in [0.05, 0.1) is 12.6 Å².